The third-order valence-electron chi connectivity index (χ3n) is 3.48. The maximum absolute atomic E-state index is 11.1. The summed E-state index contributed by atoms with van der Waals surface area (Å²) in [7, 11) is 1.65. The molecule has 1 aromatic heterocycles. The predicted octanol–water partition coefficient (Wildman–Crippen LogP) is 3.39. The van der Waals surface area contributed by atoms with E-state index in [1.165, 1.54) is 10.2 Å². The molecule has 0 fully saturated rings. The lowest BCUT2D eigenvalue weighted by Gasteiger charge is -2.20. The van der Waals surface area contributed by atoms with Gasteiger partial charge in [0.05, 0.1) is 5.69 Å². The third kappa shape index (κ3) is 2.59. The number of hydrogen-bond acceptors (Lipinski definition) is 2. The number of benzene rings is 1. The number of carboxylic acids is 1. The zero-order valence-corrected chi connectivity index (χ0v) is 12.6. The molecule has 20 heavy (non-hydrogen) atoms. The van der Waals surface area contributed by atoms with Gasteiger partial charge in [-0.2, -0.15) is 5.10 Å². The summed E-state index contributed by atoms with van der Waals surface area (Å²) in [5.74, 6) is -0.962. The number of aryl methyl sites for hydroxylation is 2. The van der Waals surface area contributed by atoms with Crippen molar-refractivity contribution in [3.8, 4) is 11.3 Å². The molecule has 106 valence electrons. The lowest BCUT2D eigenvalue weighted by Crippen LogP contribution is -2.11. The summed E-state index contributed by atoms with van der Waals surface area (Å²) in [6.45, 7) is 8.48. The second kappa shape index (κ2) is 4.78. The standard InChI is InChI=1S/C16H20N2O2/c1-10-6-7-11(16(2,3)4)8-12(10)13-9-14(15(19)20)18(5)17-13/h6-9H,1-5H3,(H,19,20). The van der Waals surface area contributed by atoms with Crippen LogP contribution in [0.4, 0.5) is 0 Å². The van der Waals surface area contributed by atoms with Crippen molar-refractivity contribution >= 4 is 5.97 Å². The fourth-order valence-electron chi connectivity index (χ4n) is 2.16. The normalized spacial score (nSPS) is 11.7. The summed E-state index contributed by atoms with van der Waals surface area (Å²) in [5.41, 5.74) is 4.23. The van der Waals surface area contributed by atoms with Gasteiger partial charge < -0.3 is 5.11 Å². The predicted molar refractivity (Wildman–Crippen MR) is 79.0 cm³/mol. The minimum Gasteiger partial charge on any atom is -0.477 e. The first-order valence-electron chi connectivity index (χ1n) is 6.59. The van der Waals surface area contributed by atoms with E-state index in [-0.39, 0.29) is 11.1 Å². The van der Waals surface area contributed by atoms with E-state index in [1.807, 2.05) is 6.92 Å². The highest BCUT2D eigenvalue weighted by atomic mass is 16.4. The number of aromatic nitrogens is 2. The van der Waals surface area contributed by atoms with Crippen molar-refractivity contribution < 1.29 is 9.90 Å². The van der Waals surface area contributed by atoms with Crippen molar-refractivity contribution in [2.24, 2.45) is 7.05 Å². The van der Waals surface area contributed by atoms with Crippen LogP contribution in [-0.4, -0.2) is 20.9 Å². The third-order valence-corrected chi connectivity index (χ3v) is 3.48. The molecule has 4 nitrogen and oxygen atoms in total. The van der Waals surface area contributed by atoms with Gasteiger partial charge >= 0.3 is 5.97 Å². The highest BCUT2D eigenvalue weighted by molar-refractivity contribution is 5.87. The molecule has 1 N–H and O–H groups in total. The van der Waals surface area contributed by atoms with Crippen LogP contribution in [0, 0.1) is 6.92 Å². The summed E-state index contributed by atoms with van der Waals surface area (Å²) in [6.07, 6.45) is 0. The fraction of sp³-hybridized carbons (Fsp3) is 0.375. The molecule has 2 rings (SSSR count). The topological polar surface area (TPSA) is 55.1 Å². The molecule has 0 aliphatic heterocycles. The molecule has 0 atom stereocenters. The van der Waals surface area contributed by atoms with E-state index in [0.29, 0.717) is 5.69 Å². The van der Waals surface area contributed by atoms with Crippen LogP contribution < -0.4 is 0 Å². The maximum Gasteiger partial charge on any atom is 0.354 e. The molecule has 0 saturated carbocycles. The molecule has 0 amide bonds. The fourth-order valence-corrected chi connectivity index (χ4v) is 2.16. The van der Waals surface area contributed by atoms with Gasteiger partial charge in [-0.05, 0) is 35.6 Å². The zero-order chi connectivity index (χ0) is 15.1. The van der Waals surface area contributed by atoms with Gasteiger partial charge in [-0.1, -0.05) is 32.9 Å². The molecule has 4 heteroatoms. The highest BCUT2D eigenvalue weighted by Crippen LogP contribution is 2.29. The maximum atomic E-state index is 11.1. The first kappa shape index (κ1) is 14.3. The first-order valence-corrected chi connectivity index (χ1v) is 6.59. The van der Waals surface area contributed by atoms with Crippen LogP contribution in [0.2, 0.25) is 0 Å². The molecular formula is C16H20N2O2. The monoisotopic (exact) mass is 272 g/mol. The second-order valence-electron chi connectivity index (χ2n) is 6.12. The van der Waals surface area contributed by atoms with E-state index in [4.69, 9.17) is 5.11 Å². The molecule has 0 spiro atoms. The van der Waals surface area contributed by atoms with E-state index in [2.05, 4.69) is 44.1 Å². The van der Waals surface area contributed by atoms with Crippen LogP contribution in [0.1, 0.15) is 42.4 Å². The quantitative estimate of drug-likeness (QED) is 0.911. The van der Waals surface area contributed by atoms with Gasteiger partial charge in [0.25, 0.3) is 0 Å². The summed E-state index contributed by atoms with van der Waals surface area (Å²) >= 11 is 0. The SMILES string of the molecule is Cc1ccc(C(C)(C)C)cc1-c1cc(C(=O)O)n(C)n1. The number of carboxylic acid groups (broad SMARTS) is 1. The Hall–Kier alpha value is -2.10. The minimum absolute atomic E-state index is 0.0485. The lowest BCUT2D eigenvalue weighted by molar-refractivity contribution is 0.0685. The number of carbonyl (C=O) groups is 1. The van der Waals surface area contributed by atoms with Crippen molar-refractivity contribution in [2.45, 2.75) is 33.1 Å². The van der Waals surface area contributed by atoms with Crippen LogP contribution in [0.25, 0.3) is 11.3 Å². The Bertz CT molecular complexity index is 664. The number of hydrogen-bond donors (Lipinski definition) is 1. The van der Waals surface area contributed by atoms with Crippen molar-refractivity contribution in [3.63, 3.8) is 0 Å². The average Bonchev–Trinajstić information content (AvgIpc) is 2.70. The molecule has 0 radical (unpaired) electrons. The summed E-state index contributed by atoms with van der Waals surface area (Å²) in [4.78, 5) is 11.1. The molecular weight excluding hydrogens is 252 g/mol. The Balaban J connectivity index is 2.57. The van der Waals surface area contributed by atoms with Crippen molar-refractivity contribution in [1.29, 1.82) is 0 Å². The number of rotatable bonds is 2. The molecule has 0 unspecified atom stereocenters. The average molecular weight is 272 g/mol. The highest BCUT2D eigenvalue weighted by Gasteiger charge is 2.18. The molecule has 1 aromatic carbocycles. The Morgan fingerprint density at radius 3 is 2.40 bits per heavy atom. The van der Waals surface area contributed by atoms with Gasteiger partial charge in [-0.3, -0.25) is 4.68 Å². The van der Waals surface area contributed by atoms with Crippen LogP contribution >= 0.6 is 0 Å². The number of nitrogens with zero attached hydrogens (tertiary/aromatic N) is 2. The van der Waals surface area contributed by atoms with Gasteiger partial charge in [-0.15, -0.1) is 0 Å². The largest absolute Gasteiger partial charge is 0.477 e. The molecule has 0 saturated heterocycles. The van der Waals surface area contributed by atoms with E-state index in [9.17, 15) is 4.79 Å². The number of aromatic carboxylic acids is 1. The van der Waals surface area contributed by atoms with E-state index in [0.717, 1.165) is 11.1 Å². The zero-order valence-electron chi connectivity index (χ0n) is 12.6. The van der Waals surface area contributed by atoms with Crippen LogP contribution in [0.15, 0.2) is 24.3 Å². The Morgan fingerprint density at radius 1 is 1.25 bits per heavy atom. The van der Waals surface area contributed by atoms with Crippen molar-refractivity contribution in [1.82, 2.24) is 9.78 Å². The van der Waals surface area contributed by atoms with Crippen LogP contribution in [0.5, 0.6) is 0 Å². The van der Waals surface area contributed by atoms with Gasteiger partial charge in [0.1, 0.15) is 5.69 Å². The van der Waals surface area contributed by atoms with Gasteiger partial charge in [0.15, 0.2) is 0 Å². The van der Waals surface area contributed by atoms with Gasteiger partial charge in [0.2, 0.25) is 0 Å². The second-order valence-corrected chi connectivity index (χ2v) is 6.12. The lowest BCUT2D eigenvalue weighted by atomic mass is 9.85. The Morgan fingerprint density at radius 2 is 1.90 bits per heavy atom. The molecule has 0 aliphatic rings. The molecule has 0 bridgehead atoms. The van der Waals surface area contributed by atoms with Crippen molar-refractivity contribution in [2.75, 3.05) is 0 Å². The smallest absolute Gasteiger partial charge is 0.354 e. The van der Waals surface area contributed by atoms with Crippen LogP contribution in [0.3, 0.4) is 0 Å². The van der Waals surface area contributed by atoms with Crippen LogP contribution in [-0.2, 0) is 12.5 Å². The molecule has 1 heterocycles. The van der Waals surface area contributed by atoms with E-state index in [1.54, 1.807) is 13.1 Å². The van der Waals surface area contributed by atoms with Gasteiger partial charge in [-0.25, -0.2) is 4.79 Å². The minimum atomic E-state index is -0.962. The summed E-state index contributed by atoms with van der Waals surface area (Å²) in [5, 5.41) is 13.4. The first-order chi connectivity index (χ1) is 9.20. The summed E-state index contributed by atoms with van der Waals surface area (Å²) in [6, 6.07) is 7.89. The van der Waals surface area contributed by atoms with E-state index < -0.39 is 5.97 Å². The molecule has 2 aromatic rings. The Labute approximate surface area is 119 Å². The van der Waals surface area contributed by atoms with E-state index >= 15 is 0 Å². The van der Waals surface area contributed by atoms with Gasteiger partial charge in [0, 0.05) is 12.6 Å². The molecule has 0 aliphatic carbocycles. The Kier molecular flexibility index (Phi) is 3.42. The summed E-state index contributed by atoms with van der Waals surface area (Å²) < 4.78 is 1.40. The van der Waals surface area contributed by atoms with Crippen molar-refractivity contribution in [3.05, 3.63) is 41.1 Å².